The van der Waals surface area contributed by atoms with E-state index in [0.29, 0.717) is 0 Å². The van der Waals surface area contributed by atoms with Gasteiger partial charge in [-0.2, -0.15) is 0 Å². The molecule has 28 heavy (non-hydrogen) atoms. The van der Waals surface area contributed by atoms with Crippen molar-refractivity contribution in [2.45, 2.75) is 19.6 Å². The molecule has 0 saturated heterocycles. The molecule has 0 fully saturated rings. The quantitative estimate of drug-likeness (QED) is 0.366. The maximum Gasteiger partial charge on any atom is 0.246 e. The van der Waals surface area contributed by atoms with Gasteiger partial charge in [0.1, 0.15) is 0 Å². The van der Waals surface area contributed by atoms with Crippen molar-refractivity contribution >= 4 is 63.7 Å². The Morgan fingerprint density at radius 1 is 0.500 bits per heavy atom. The van der Waals surface area contributed by atoms with Crippen LogP contribution in [-0.4, -0.2) is 6.71 Å². The van der Waals surface area contributed by atoms with Gasteiger partial charge in [0, 0.05) is 19.6 Å². The minimum Gasteiger partial charge on any atom is -0.307 e. The van der Waals surface area contributed by atoms with Gasteiger partial charge in [-0.25, -0.2) is 0 Å². The van der Waals surface area contributed by atoms with Crippen LogP contribution >= 0.6 is 23.5 Å². The summed E-state index contributed by atoms with van der Waals surface area (Å²) in [5.41, 5.74) is 8.30. The Hall–Kier alpha value is -2.56. The Morgan fingerprint density at radius 3 is 1.57 bits per heavy atom. The highest BCUT2D eigenvalue weighted by Crippen LogP contribution is 2.59. The number of anilines is 3. The molecule has 0 N–H and O–H groups in total. The minimum absolute atomic E-state index is 0.273. The van der Waals surface area contributed by atoms with Crippen molar-refractivity contribution in [3.8, 4) is 0 Å². The smallest absolute Gasteiger partial charge is 0.246 e. The van der Waals surface area contributed by atoms with Gasteiger partial charge in [-0.05, 0) is 35.2 Å². The van der Waals surface area contributed by atoms with Gasteiger partial charge in [-0.1, -0.05) is 89.7 Å². The number of rotatable bonds is 1. The third-order valence-corrected chi connectivity index (χ3v) is 8.09. The Morgan fingerprint density at radius 2 is 1.00 bits per heavy atom. The molecular formula is C24H14BNS2. The van der Waals surface area contributed by atoms with Gasteiger partial charge >= 0.3 is 0 Å². The first kappa shape index (κ1) is 15.4. The third-order valence-electron chi connectivity index (χ3n) is 5.89. The van der Waals surface area contributed by atoms with Crippen LogP contribution in [-0.2, 0) is 0 Å². The van der Waals surface area contributed by atoms with Crippen molar-refractivity contribution in [3.63, 3.8) is 0 Å². The highest BCUT2D eigenvalue weighted by Gasteiger charge is 2.42. The van der Waals surface area contributed by atoms with Crippen LogP contribution in [0, 0.1) is 0 Å². The molecule has 1 nitrogen and oxygen atoms in total. The summed E-state index contributed by atoms with van der Waals surface area (Å²) in [6.07, 6.45) is 0. The normalized spacial score (nSPS) is 14.7. The monoisotopic (exact) mass is 391 g/mol. The number of benzene rings is 4. The van der Waals surface area contributed by atoms with Crippen LogP contribution in [0.15, 0.2) is 105 Å². The standard InChI is InChI=1S/C24H14BNS2/c1-2-7-15(8-3-1)25-16-9-4-11-18-22(16)26-23-17(25)10-5-12-19(23)28-21-14-6-13-20(27-18)24(21)26/h1-14H. The summed E-state index contributed by atoms with van der Waals surface area (Å²) in [5, 5.41) is 0. The fourth-order valence-electron chi connectivity index (χ4n) is 4.82. The zero-order valence-electron chi connectivity index (χ0n) is 14.9. The van der Waals surface area contributed by atoms with E-state index in [9.17, 15) is 0 Å². The second kappa shape index (κ2) is 5.50. The van der Waals surface area contributed by atoms with Crippen LogP contribution in [0.3, 0.4) is 0 Å². The van der Waals surface area contributed by atoms with Gasteiger partial charge in [0.25, 0.3) is 0 Å². The van der Waals surface area contributed by atoms with E-state index in [1.54, 1.807) is 0 Å². The summed E-state index contributed by atoms with van der Waals surface area (Å²) >= 11 is 3.82. The lowest BCUT2D eigenvalue weighted by Gasteiger charge is -2.45. The number of hydrogen-bond donors (Lipinski definition) is 0. The molecular weight excluding hydrogens is 377 g/mol. The molecule has 4 aromatic carbocycles. The Balaban J connectivity index is 1.63. The first-order chi connectivity index (χ1) is 13.9. The average molecular weight is 391 g/mol. The molecule has 4 aromatic rings. The SMILES string of the molecule is c1ccc(B2c3cccc4c3N3c5c(cccc5Sc5cccc2c53)S4)cc1. The molecule has 4 heteroatoms. The number of para-hydroxylation sites is 3. The molecule has 0 atom stereocenters. The molecule has 3 heterocycles. The summed E-state index contributed by atoms with van der Waals surface area (Å²) in [7, 11) is 0. The van der Waals surface area contributed by atoms with Crippen molar-refractivity contribution in [3.05, 3.63) is 84.9 Å². The fraction of sp³-hybridized carbons (Fsp3) is 0. The van der Waals surface area contributed by atoms with E-state index < -0.39 is 0 Å². The van der Waals surface area contributed by atoms with Gasteiger partial charge in [0.15, 0.2) is 0 Å². The van der Waals surface area contributed by atoms with Crippen molar-refractivity contribution in [2.24, 2.45) is 0 Å². The Bertz CT molecular complexity index is 1210. The van der Waals surface area contributed by atoms with Gasteiger partial charge in [-0.15, -0.1) is 0 Å². The fourth-order valence-corrected chi connectivity index (χ4v) is 7.15. The van der Waals surface area contributed by atoms with Gasteiger partial charge in [-0.3, -0.25) is 0 Å². The first-order valence-corrected chi connectivity index (χ1v) is 11.1. The predicted molar refractivity (Wildman–Crippen MR) is 120 cm³/mol. The highest BCUT2D eigenvalue weighted by atomic mass is 32.2. The van der Waals surface area contributed by atoms with Crippen LogP contribution in [0.1, 0.15) is 0 Å². The molecule has 0 unspecified atom stereocenters. The number of hydrogen-bond acceptors (Lipinski definition) is 3. The third kappa shape index (κ3) is 1.87. The lowest BCUT2D eigenvalue weighted by Crippen LogP contribution is -2.58. The molecule has 0 radical (unpaired) electrons. The van der Waals surface area contributed by atoms with E-state index in [1.807, 2.05) is 23.5 Å². The maximum atomic E-state index is 2.55. The van der Waals surface area contributed by atoms with E-state index in [2.05, 4.69) is 89.8 Å². The highest BCUT2D eigenvalue weighted by molar-refractivity contribution is 8.00. The van der Waals surface area contributed by atoms with E-state index in [0.717, 1.165) is 0 Å². The van der Waals surface area contributed by atoms with Crippen molar-refractivity contribution in [2.75, 3.05) is 4.90 Å². The molecule has 0 spiro atoms. The summed E-state index contributed by atoms with van der Waals surface area (Å²) in [4.78, 5) is 7.97. The molecule has 3 aliphatic heterocycles. The van der Waals surface area contributed by atoms with E-state index in [4.69, 9.17) is 0 Å². The topological polar surface area (TPSA) is 3.24 Å². The lowest BCUT2D eigenvalue weighted by atomic mass is 9.35. The first-order valence-electron chi connectivity index (χ1n) is 9.50. The van der Waals surface area contributed by atoms with Gasteiger partial charge in [0.05, 0.1) is 17.1 Å². The number of nitrogens with zero attached hydrogens (tertiary/aromatic N) is 1. The molecule has 0 aromatic heterocycles. The Kier molecular flexibility index (Phi) is 3.02. The van der Waals surface area contributed by atoms with Crippen molar-refractivity contribution < 1.29 is 0 Å². The minimum atomic E-state index is 0.273. The summed E-state index contributed by atoms with van der Waals surface area (Å²) in [6, 6.07) is 31.3. The second-order valence-electron chi connectivity index (χ2n) is 7.37. The van der Waals surface area contributed by atoms with Crippen molar-refractivity contribution in [1.82, 2.24) is 0 Å². The van der Waals surface area contributed by atoms with Crippen LogP contribution in [0.4, 0.5) is 17.1 Å². The van der Waals surface area contributed by atoms with E-state index in [1.165, 1.54) is 53.0 Å². The summed E-state index contributed by atoms with van der Waals surface area (Å²) in [5.74, 6) is 0. The maximum absolute atomic E-state index is 2.55. The van der Waals surface area contributed by atoms with Gasteiger partial charge < -0.3 is 4.90 Å². The molecule has 130 valence electrons. The van der Waals surface area contributed by atoms with Crippen LogP contribution in [0.5, 0.6) is 0 Å². The molecule has 3 aliphatic rings. The Labute approximate surface area is 172 Å². The van der Waals surface area contributed by atoms with Crippen LogP contribution in [0.2, 0.25) is 0 Å². The largest absolute Gasteiger partial charge is 0.307 e. The molecule has 0 aliphatic carbocycles. The second-order valence-corrected chi connectivity index (χ2v) is 9.54. The summed E-state index contributed by atoms with van der Waals surface area (Å²) in [6.45, 7) is 0.273. The average Bonchev–Trinajstić information content (AvgIpc) is 2.75. The predicted octanol–water partition coefficient (Wildman–Crippen LogP) is 4.92. The van der Waals surface area contributed by atoms with E-state index >= 15 is 0 Å². The zero-order chi connectivity index (χ0) is 18.2. The molecule has 0 bridgehead atoms. The molecule has 0 amide bonds. The zero-order valence-corrected chi connectivity index (χ0v) is 16.6. The van der Waals surface area contributed by atoms with Gasteiger partial charge in [0.2, 0.25) is 6.71 Å². The summed E-state index contributed by atoms with van der Waals surface area (Å²) < 4.78 is 0. The van der Waals surface area contributed by atoms with Crippen LogP contribution in [0.25, 0.3) is 0 Å². The van der Waals surface area contributed by atoms with E-state index in [-0.39, 0.29) is 6.71 Å². The molecule has 0 saturated carbocycles. The van der Waals surface area contributed by atoms with Crippen LogP contribution < -0.4 is 21.3 Å². The molecule has 7 rings (SSSR count). The lowest BCUT2D eigenvalue weighted by molar-refractivity contribution is 1.09. The van der Waals surface area contributed by atoms with Crippen molar-refractivity contribution in [1.29, 1.82) is 0 Å².